The molecule has 2 heterocycles. The zero-order valence-corrected chi connectivity index (χ0v) is 10.1. The highest BCUT2D eigenvalue weighted by Crippen LogP contribution is 2.29. The number of benzene rings is 1. The van der Waals surface area contributed by atoms with Crippen molar-refractivity contribution in [3.8, 4) is 11.4 Å². The van der Waals surface area contributed by atoms with E-state index in [9.17, 15) is 0 Å². The van der Waals surface area contributed by atoms with Crippen molar-refractivity contribution in [2.45, 2.75) is 6.92 Å². The van der Waals surface area contributed by atoms with Gasteiger partial charge in [0.1, 0.15) is 10.7 Å². The van der Waals surface area contributed by atoms with Crippen LogP contribution in [0, 0.1) is 6.92 Å². The van der Waals surface area contributed by atoms with E-state index in [1.54, 1.807) is 11.3 Å². The molecule has 3 heteroatoms. The van der Waals surface area contributed by atoms with Crippen LogP contribution in [0.15, 0.2) is 36.4 Å². The van der Waals surface area contributed by atoms with Gasteiger partial charge in [-0.3, -0.25) is 0 Å². The van der Waals surface area contributed by atoms with E-state index in [1.807, 2.05) is 18.2 Å². The summed E-state index contributed by atoms with van der Waals surface area (Å²) in [5.74, 6) is 1.04. The van der Waals surface area contributed by atoms with Crippen molar-refractivity contribution < 1.29 is 0 Å². The minimum atomic E-state index is 1.04. The van der Waals surface area contributed by atoms with Gasteiger partial charge in [-0.2, -0.15) is 0 Å². The van der Waals surface area contributed by atoms with Gasteiger partial charge in [0.15, 0.2) is 0 Å². The van der Waals surface area contributed by atoms with Crippen molar-refractivity contribution in [1.82, 2.24) is 9.55 Å². The van der Waals surface area contributed by atoms with Crippen LogP contribution < -0.4 is 0 Å². The fourth-order valence-corrected chi connectivity index (χ4v) is 2.85. The Balaban J connectivity index is 2.25. The maximum atomic E-state index is 4.68. The second-order valence-corrected chi connectivity index (χ2v) is 5.14. The number of aromatic nitrogens is 2. The lowest BCUT2D eigenvalue weighted by Crippen LogP contribution is -1.91. The molecule has 0 atom stereocenters. The van der Waals surface area contributed by atoms with Crippen LogP contribution in [0.2, 0.25) is 0 Å². The molecule has 3 aromatic rings. The first-order valence-electron chi connectivity index (χ1n) is 5.24. The molecule has 0 amide bonds. The van der Waals surface area contributed by atoms with Gasteiger partial charge in [-0.15, -0.1) is 11.3 Å². The summed E-state index contributed by atoms with van der Waals surface area (Å²) in [6.45, 7) is 2.12. The van der Waals surface area contributed by atoms with Gasteiger partial charge in [0.25, 0.3) is 0 Å². The molecule has 1 aromatic carbocycles. The lowest BCUT2D eigenvalue weighted by atomic mass is 10.2. The fourth-order valence-electron chi connectivity index (χ4n) is 1.94. The lowest BCUT2D eigenvalue weighted by Gasteiger charge is -2.01. The van der Waals surface area contributed by atoms with Crippen molar-refractivity contribution >= 4 is 21.7 Å². The molecular weight excluding hydrogens is 216 g/mol. The fraction of sp³-hybridized carbons (Fsp3) is 0.154. The molecule has 2 nitrogen and oxygen atoms in total. The van der Waals surface area contributed by atoms with Crippen molar-refractivity contribution in [3.63, 3.8) is 0 Å². The van der Waals surface area contributed by atoms with Gasteiger partial charge in [0.05, 0.1) is 5.52 Å². The highest BCUT2D eigenvalue weighted by atomic mass is 32.1. The van der Waals surface area contributed by atoms with Crippen molar-refractivity contribution in [2.75, 3.05) is 0 Å². The normalized spacial score (nSPS) is 11.1. The molecule has 0 saturated heterocycles. The third-order valence-corrected chi connectivity index (χ3v) is 3.67. The first-order valence-corrected chi connectivity index (χ1v) is 6.05. The Morgan fingerprint density at radius 1 is 1.19 bits per heavy atom. The number of hydrogen-bond acceptors (Lipinski definition) is 2. The van der Waals surface area contributed by atoms with Gasteiger partial charge in [0.2, 0.25) is 0 Å². The molecule has 0 bridgehead atoms. The highest BCUT2D eigenvalue weighted by Gasteiger charge is 2.11. The largest absolute Gasteiger partial charge is 0.326 e. The van der Waals surface area contributed by atoms with Crippen molar-refractivity contribution in [1.29, 1.82) is 0 Å². The Bertz CT molecular complexity index is 635. The highest BCUT2D eigenvalue weighted by molar-refractivity contribution is 7.18. The number of rotatable bonds is 1. The van der Waals surface area contributed by atoms with Crippen LogP contribution in [-0.2, 0) is 7.05 Å². The van der Waals surface area contributed by atoms with Gasteiger partial charge >= 0.3 is 0 Å². The average Bonchev–Trinajstić information content (AvgIpc) is 2.79. The van der Waals surface area contributed by atoms with Gasteiger partial charge in [-0.25, -0.2) is 4.98 Å². The van der Waals surface area contributed by atoms with E-state index in [1.165, 1.54) is 16.0 Å². The zero-order chi connectivity index (χ0) is 11.1. The van der Waals surface area contributed by atoms with Gasteiger partial charge in [-0.1, -0.05) is 30.3 Å². The van der Waals surface area contributed by atoms with E-state index in [0.717, 1.165) is 10.7 Å². The average molecular weight is 228 g/mol. The first-order chi connectivity index (χ1) is 7.75. The summed E-state index contributed by atoms with van der Waals surface area (Å²) >= 11 is 1.75. The summed E-state index contributed by atoms with van der Waals surface area (Å²) in [4.78, 5) is 7.12. The quantitative estimate of drug-likeness (QED) is 0.622. The number of thiophene rings is 1. The van der Waals surface area contributed by atoms with Crippen LogP contribution in [0.4, 0.5) is 0 Å². The third kappa shape index (κ3) is 1.36. The number of hydrogen-bond donors (Lipinski definition) is 0. The third-order valence-electron chi connectivity index (χ3n) is 2.74. The Morgan fingerprint density at radius 2 is 1.94 bits per heavy atom. The maximum Gasteiger partial charge on any atom is 0.142 e. The summed E-state index contributed by atoms with van der Waals surface area (Å²) in [6, 6.07) is 12.5. The molecule has 0 spiro atoms. The molecule has 0 radical (unpaired) electrons. The summed E-state index contributed by atoms with van der Waals surface area (Å²) in [6.07, 6.45) is 0. The second-order valence-electron chi connectivity index (χ2n) is 3.91. The number of nitrogens with zero attached hydrogens (tertiary/aromatic N) is 2. The van der Waals surface area contributed by atoms with Crippen LogP contribution in [0.25, 0.3) is 21.7 Å². The molecule has 16 heavy (non-hydrogen) atoms. The van der Waals surface area contributed by atoms with E-state index in [4.69, 9.17) is 0 Å². The Morgan fingerprint density at radius 3 is 2.62 bits per heavy atom. The molecule has 0 aliphatic heterocycles. The molecule has 80 valence electrons. The molecule has 0 saturated carbocycles. The van der Waals surface area contributed by atoms with E-state index in [0.29, 0.717) is 0 Å². The molecule has 0 aliphatic carbocycles. The number of imidazole rings is 1. The van der Waals surface area contributed by atoms with Crippen LogP contribution in [-0.4, -0.2) is 9.55 Å². The van der Waals surface area contributed by atoms with Crippen LogP contribution >= 0.6 is 11.3 Å². The Kier molecular flexibility index (Phi) is 2.07. The maximum absolute atomic E-state index is 4.68. The Hall–Kier alpha value is -1.61. The van der Waals surface area contributed by atoms with Crippen molar-refractivity contribution in [3.05, 3.63) is 41.3 Å². The van der Waals surface area contributed by atoms with Gasteiger partial charge < -0.3 is 4.57 Å². The van der Waals surface area contributed by atoms with E-state index in [2.05, 4.69) is 41.7 Å². The van der Waals surface area contributed by atoms with Crippen LogP contribution in [0.3, 0.4) is 0 Å². The summed E-state index contributed by atoms with van der Waals surface area (Å²) in [5.41, 5.74) is 2.40. The predicted octanol–water partition coefficient (Wildman–Crippen LogP) is 3.61. The molecule has 3 rings (SSSR count). The topological polar surface area (TPSA) is 17.8 Å². The smallest absolute Gasteiger partial charge is 0.142 e. The Labute approximate surface area is 98.2 Å². The lowest BCUT2D eigenvalue weighted by molar-refractivity contribution is 0.959. The minimum Gasteiger partial charge on any atom is -0.326 e. The SMILES string of the molecule is Cc1cc2c(nc(-c3ccccc3)n2C)s1. The minimum absolute atomic E-state index is 1.04. The van der Waals surface area contributed by atoms with Crippen LogP contribution in [0.1, 0.15) is 4.88 Å². The van der Waals surface area contributed by atoms with Gasteiger partial charge in [0, 0.05) is 17.5 Å². The second kappa shape index (κ2) is 3.46. The number of aryl methyl sites for hydroxylation is 2. The monoisotopic (exact) mass is 228 g/mol. The molecule has 0 aliphatic rings. The van der Waals surface area contributed by atoms with E-state index < -0.39 is 0 Å². The first kappa shape index (κ1) is 9.60. The molecule has 0 fully saturated rings. The van der Waals surface area contributed by atoms with Crippen LogP contribution in [0.5, 0.6) is 0 Å². The molecular formula is C13H12N2S. The number of fused-ring (bicyclic) bond motifs is 1. The predicted molar refractivity (Wildman–Crippen MR) is 68.8 cm³/mol. The zero-order valence-electron chi connectivity index (χ0n) is 9.27. The standard InChI is InChI=1S/C13H12N2S/c1-9-8-11-13(16-9)14-12(15(11)2)10-6-4-3-5-7-10/h3-8H,1-2H3. The van der Waals surface area contributed by atoms with E-state index in [-0.39, 0.29) is 0 Å². The molecule has 0 unspecified atom stereocenters. The summed E-state index contributed by atoms with van der Waals surface area (Å²) < 4.78 is 2.16. The van der Waals surface area contributed by atoms with Crippen molar-refractivity contribution in [2.24, 2.45) is 7.05 Å². The molecule has 0 N–H and O–H groups in total. The van der Waals surface area contributed by atoms with Gasteiger partial charge in [-0.05, 0) is 13.0 Å². The summed E-state index contributed by atoms with van der Waals surface area (Å²) in [7, 11) is 2.07. The molecule has 2 aromatic heterocycles. The van der Waals surface area contributed by atoms with E-state index >= 15 is 0 Å². The summed E-state index contributed by atoms with van der Waals surface area (Å²) in [5, 5.41) is 0.